The van der Waals surface area contributed by atoms with Gasteiger partial charge in [0.15, 0.2) is 11.7 Å². The summed E-state index contributed by atoms with van der Waals surface area (Å²) in [6.07, 6.45) is 7.92. The second-order valence-electron chi connectivity index (χ2n) is 7.52. The zero-order chi connectivity index (χ0) is 19.8. The molecule has 1 aliphatic carbocycles. The molecule has 1 aliphatic heterocycles. The number of sulfonamides is 1. The highest BCUT2D eigenvalue weighted by molar-refractivity contribution is 7.91. The average Bonchev–Trinajstić information content (AvgIpc) is 3.38. The fourth-order valence-corrected chi connectivity index (χ4v) is 6.53. The van der Waals surface area contributed by atoms with Gasteiger partial charge in [0, 0.05) is 19.0 Å². The van der Waals surface area contributed by atoms with Crippen molar-refractivity contribution in [3.05, 3.63) is 66.2 Å². The Bertz CT molecular complexity index is 1140. The van der Waals surface area contributed by atoms with Gasteiger partial charge in [-0.25, -0.2) is 13.4 Å². The number of aromatic nitrogens is 1. The van der Waals surface area contributed by atoms with E-state index in [-0.39, 0.29) is 0 Å². The number of hydrogen-bond donors (Lipinski definition) is 0. The summed E-state index contributed by atoms with van der Waals surface area (Å²) in [5, 5.41) is 0. The molecule has 1 aromatic carbocycles. The van der Waals surface area contributed by atoms with E-state index in [2.05, 4.69) is 17.1 Å². The summed E-state index contributed by atoms with van der Waals surface area (Å²) in [7, 11) is -3.51. The van der Waals surface area contributed by atoms with Crippen LogP contribution in [0.5, 0.6) is 0 Å². The molecule has 0 atom stereocenters. The number of nitrogens with zero attached hydrogens (tertiary/aromatic N) is 2. The number of benzene rings is 1. The lowest BCUT2D eigenvalue weighted by Gasteiger charge is -2.25. The lowest BCUT2D eigenvalue weighted by molar-refractivity contribution is 0.338. The smallest absolute Gasteiger partial charge is 0.252 e. The molecule has 3 heterocycles. The van der Waals surface area contributed by atoms with Crippen molar-refractivity contribution < 1.29 is 12.8 Å². The van der Waals surface area contributed by atoms with Gasteiger partial charge in [0.25, 0.3) is 10.0 Å². The lowest BCUT2D eigenvalue weighted by Crippen LogP contribution is -2.34. The molecule has 2 aliphatic rings. The molecule has 0 radical (unpaired) electrons. The lowest BCUT2D eigenvalue weighted by atomic mass is 9.85. The van der Waals surface area contributed by atoms with Crippen molar-refractivity contribution in [3.63, 3.8) is 0 Å². The molecule has 3 aromatic rings. The standard InChI is InChI=1S/C22H22N2O3S2/c25-29(26,24-13-11-17(12-14-24)16-5-2-1-3-6-16)21-10-9-20(28-21)19-15-23-22(27-19)18-7-4-8-18/h1-3,5-6,9-11,15,18H,4,7-8,12-14H2. The van der Waals surface area contributed by atoms with Crippen molar-refractivity contribution in [1.29, 1.82) is 0 Å². The minimum Gasteiger partial charge on any atom is -0.440 e. The zero-order valence-corrected chi connectivity index (χ0v) is 17.6. The van der Waals surface area contributed by atoms with E-state index in [1.54, 1.807) is 16.6 Å². The second kappa shape index (κ2) is 7.55. The van der Waals surface area contributed by atoms with E-state index in [1.165, 1.54) is 23.3 Å². The summed E-state index contributed by atoms with van der Waals surface area (Å²) in [5.41, 5.74) is 2.37. The van der Waals surface area contributed by atoms with Crippen LogP contribution in [-0.2, 0) is 10.0 Å². The van der Waals surface area contributed by atoms with Crippen molar-refractivity contribution in [1.82, 2.24) is 9.29 Å². The first kappa shape index (κ1) is 18.8. The number of rotatable bonds is 5. The summed E-state index contributed by atoms with van der Waals surface area (Å²) < 4.78 is 34.0. The van der Waals surface area contributed by atoms with E-state index in [4.69, 9.17) is 4.42 Å². The maximum Gasteiger partial charge on any atom is 0.252 e. The molecule has 1 fully saturated rings. The summed E-state index contributed by atoms with van der Waals surface area (Å²) in [4.78, 5) is 5.19. The Kier molecular flexibility index (Phi) is 4.89. The first-order valence-corrected chi connectivity index (χ1v) is 12.2. The fourth-order valence-electron chi connectivity index (χ4n) is 3.75. The van der Waals surface area contributed by atoms with Crippen molar-refractivity contribution in [3.8, 4) is 10.6 Å². The first-order valence-electron chi connectivity index (χ1n) is 9.92. The second-order valence-corrected chi connectivity index (χ2v) is 10.8. The SMILES string of the molecule is O=S(=O)(c1ccc(-c2cnc(C3CCC3)o2)s1)N1CC=C(c2ccccc2)CC1. The van der Waals surface area contributed by atoms with Crippen LogP contribution in [0.3, 0.4) is 0 Å². The molecular weight excluding hydrogens is 404 g/mol. The molecule has 5 rings (SSSR count). The number of thiophene rings is 1. The molecular formula is C22H22N2O3S2. The molecule has 0 spiro atoms. The molecule has 7 heteroatoms. The Hall–Kier alpha value is -2.22. The van der Waals surface area contributed by atoms with Crippen LogP contribution in [-0.4, -0.2) is 30.8 Å². The minimum absolute atomic E-state index is 0.352. The summed E-state index contributed by atoms with van der Waals surface area (Å²) in [6.45, 7) is 0.887. The molecule has 29 heavy (non-hydrogen) atoms. The van der Waals surface area contributed by atoms with Crippen LogP contribution in [0.2, 0.25) is 0 Å². The van der Waals surface area contributed by atoms with Gasteiger partial charge < -0.3 is 4.42 Å². The quantitative estimate of drug-likeness (QED) is 0.566. The van der Waals surface area contributed by atoms with Gasteiger partial charge in [-0.2, -0.15) is 4.31 Å². The Morgan fingerprint density at radius 1 is 1.10 bits per heavy atom. The highest BCUT2D eigenvalue weighted by atomic mass is 32.2. The topological polar surface area (TPSA) is 63.4 Å². The van der Waals surface area contributed by atoms with Gasteiger partial charge in [-0.05, 0) is 42.5 Å². The van der Waals surface area contributed by atoms with E-state index >= 15 is 0 Å². The maximum absolute atomic E-state index is 13.1. The Morgan fingerprint density at radius 3 is 2.62 bits per heavy atom. The van der Waals surface area contributed by atoms with Gasteiger partial charge >= 0.3 is 0 Å². The van der Waals surface area contributed by atoms with Gasteiger partial charge in [0.2, 0.25) is 0 Å². The molecule has 2 aromatic heterocycles. The maximum atomic E-state index is 13.1. The van der Waals surface area contributed by atoms with Gasteiger partial charge in [-0.15, -0.1) is 11.3 Å². The van der Waals surface area contributed by atoms with E-state index in [1.807, 2.05) is 30.3 Å². The van der Waals surface area contributed by atoms with E-state index in [0.29, 0.717) is 35.4 Å². The predicted octanol–water partition coefficient (Wildman–Crippen LogP) is 5.15. The van der Waals surface area contributed by atoms with Gasteiger partial charge in [-0.3, -0.25) is 0 Å². The average molecular weight is 427 g/mol. The Balaban J connectivity index is 1.33. The van der Waals surface area contributed by atoms with Crippen LogP contribution in [0.15, 0.2) is 63.4 Å². The molecule has 0 unspecified atom stereocenters. The van der Waals surface area contributed by atoms with Gasteiger partial charge in [-0.1, -0.05) is 42.8 Å². The van der Waals surface area contributed by atoms with Crippen molar-refractivity contribution in [2.75, 3.05) is 13.1 Å². The van der Waals surface area contributed by atoms with Crippen LogP contribution in [0, 0.1) is 0 Å². The van der Waals surface area contributed by atoms with Gasteiger partial charge in [0.05, 0.1) is 11.1 Å². The van der Waals surface area contributed by atoms with E-state index < -0.39 is 10.0 Å². The van der Waals surface area contributed by atoms with Crippen LogP contribution in [0.4, 0.5) is 0 Å². The van der Waals surface area contributed by atoms with Crippen molar-refractivity contribution in [2.45, 2.75) is 35.8 Å². The van der Waals surface area contributed by atoms with Crippen LogP contribution in [0.1, 0.15) is 43.1 Å². The normalized spacial score (nSPS) is 18.4. The molecule has 0 amide bonds. The summed E-state index contributed by atoms with van der Waals surface area (Å²) >= 11 is 1.25. The molecule has 0 bridgehead atoms. The molecule has 150 valence electrons. The highest BCUT2D eigenvalue weighted by Gasteiger charge is 2.29. The van der Waals surface area contributed by atoms with Crippen LogP contribution < -0.4 is 0 Å². The first-order chi connectivity index (χ1) is 14.1. The van der Waals surface area contributed by atoms with E-state index in [9.17, 15) is 8.42 Å². The summed E-state index contributed by atoms with van der Waals surface area (Å²) in [5.74, 6) is 1.85. The van der Waals surface area contributed by atoms with Crippen LogP contribution >= 0.6 is 11.3 Å². The predicted molar refractivity (Wildman–Crippen MR) is 114 cm³/mol. The zero-order valence-electron chi connectivity index (χ0n) is 16.0. The molecule has 1 saturated carbocycles. The Morgan fingerprint density at radius 2 is 1.93 bits per heavy atom. The third-order valence-corrected chi connectivity index (χ3v) is 9.15. The third kappa shape index (κ3) is 3.58. The largest absolute Gasteiger partial charge is 0.440 e. The highest BCUT2D eigenvalue weighted by Crippen LogP contribution is 2.39. The van der Waals surface area contributed by atoms with Crippen molar-refractivity contribution in [2.24, 2.45) is 0 Å². The molecule has 5 nitrogen and oxygen atoms in total. The van der Waals surface area contributed by atoms with Crippen molar-refractivity contribution >= 4 is 26.9 Å². The number of hydrogen-bond acceptors (Lipinski definition) is 5. The van der Waals surface area contributed by atoms with Crippen LogP contribution in [0.25, 0.3) is 16.2 Å². The Labute approximate surface area is 174 Å². The van der Waals surface area contributed by atoms with E-state index in [0.717, 1.165) is 29.2 Å². The molecule has 0 saturated heterocycles. The third-order valence-electron chi connectivity index (χ3n) is 5.71. The molecule has 0 N–H and O–H groups in total. The van der Waals surface area contributed by atoms with Gasteiger partial charge in [0.1, 0.15) is 4.21 Å². The fraction of sp³-hybridized carbons (Fsp3) is 0.318. The summed E-state index contributed by atoms with van der Waals surface area (Å²) in [6, 6.07) is 13.6. The number of oxazole rings is 1. The minimum atomic E-state index is -3.51. The monoisotopic (exact) mass is 426 g/mol.